The molecule has 0 aliphatic carbocycles. The predicted octanol–water partition coefficient (Wildman–Crippen LogP) is 3.72. The number of Topliss-reactive ketones (excluding diaryl/α,β-unsaturated/α-hetero) is 1. The third-order valence-corrected chi connectivity index (χ3v) is 3.55. The first-order chi connectivity index (χ1) is 10.8. The second-order valence-electron chi connectivity index (χ2n) is 5.49. The van der Waals surface area contributed by atoms with E-state index in [0.717, 1.165) is 42.7 Å². The maximum Gasteiger partial charge on any atom is 0.137 e. The van der Waals surface area contributed by atoms with Crippen molar-refractivity contribution >= 4 is 5.78 Å². The molecule has 0 radical (unpaired) electrons. The molecule has 2 aromatic rings. The van der Waals surface area contributed by atoms with Crippen LogP contribution in [-0.4, -0.2) is 22.4 Å². The van der Waals surface area contributed by atoms with Crippen LogP contribution in [0.1, 0.15) is 43.9 Å². The lowest BCUT2D eigenvalue weighted by atomic mass is 10.1. The number of rotatable bonds is 10. The van der Waals surface area contributed by atoms with E-state index in [1.54, 1.807) is 6.33 Å². The normalized spacial score (nSPS) is 10.6. The predicted molar refractivity (Wildman–Crippen MR) is 87.1 cm³/mol. The first-order valence-corrected chi connectivity index (χ1v) is 7.98. The van der Waals surface area contributed by atoms with Gasteiger partial charge in [0.2, 0.25) is 0 Å². The summed E-state index contributed by atoms with van der Waals surface area (Å²) in [6, 6.07) is 7.85. The Labute approximate surface area is 131 Å². The number of aromatic nitrogens is 2. The van der Waals surface area contributed by atoms with Crippen LogP contribution in [0.3, 0.4) is 0 Å². The number of H-pyrrole nitrogens is 1. The van der Waals surface area contributed by atoms with E-state index >= 15 is 0 Å². The van der Waals surface area contributed by atoms with E-state index < -0.39 is 0 Å². The van der Waals surface area contributed by atoms with Crippen LogP contribution < -0.4 is 4.74 Å². The van der Waals surface area contributed by atoms with Gasteiger partial charge in [0, 0.05) is 24.7 Å². The topological polar surface area (TPSA) is 55.0 Å². The summed E-state index contributed by atoms with van der Waals surface area (Å²) in [5.74, 6) is 1.17. The van der Waals surface area contributed by atoms with Gasteiger partial charge in [-0.05, 0) is 37.0 Å². The zero-order chi connectivity index (χ0) is 15.6. The molecule has 1 aromatic carbocycles. The van der Waals surface area contributed by atoms with Crippen LogP contribution in [0, 0.1) is 0 Å². The number of carbonyl (C=O) groups excluding carboxylic acids is 1. The van der Waals surface area contributed by atoms with Gasteiger partial charge in [0.1, 0.15) is 11.5 Å². The van der Waals surface area contributed by atoms with E-state index in [1.165, 1.54) is 0 Å². The Morgan fingerprint density at radius 3 is 2.73 bits per heavy atom. The second kappa shape index (κ2) is 9.03. The number of hydrogen-bond acceptors (Lipinski definition) is 3. The minimum atomic E-state index is 0.315. The number of ketones is 1. The van der Waals surface area contributed by atoms with Crippen molar-refractivity contribution in [2.24, 2.45) is 0 Å². The van der Waals surface area contributed by atoms with Gasteiger partial charge in [0.25, 0.3) is 0 Å². The van der Waals surface area contributed by atoms with E-state index in [2.05, 4.69) is 16.9 Å². The fraction of sp³-hybridized carbons (Fsp3) is 0.444. The van der Waals surface area contributed by atoms with Gasteiger partial charge in [-0.2, -0.15) is 0 Å². The van der Waals surface area contributed by atoms with Gasteiger partial charge in [-0.25, -0.2) is 4.98 Å². The number of imidazole rings is 1. The molecule has 0 amide bonds. The van der Waals surface area contributed by atoms with E-state index in [-0.39, 0.29) is 0 Å². The highest BCUT2D eigenvalue weighted by Gasteiger charge is 2.03. The van der Waals surface area contributed by atoms with Crippen molar-refractivity contribution in [3.63, 3.8) is 0 Å². The SMILES string of the molecule is CCCCC(=O)Cc1ccc(OCCCc2cnc[nH]2)cc1. The number of ether oxygens (including phenoxy) is 1. The number of aryl methyl sites for hydroxylation is 1. The van der Waals surface area contributed by atoms with E-state index in [4.69, 9.17) is 4.74 Å². The Balaban J connectivity index is 1.68. The Kier molecular flexibility index (Phi) is 6.68. The highest BCUT2D eigenvalue weighted by molar-refractivity contribution is 5.80. The molecule has 0 aliphatic heterocycles. The molecular formula is C18H24N2O2. The lowest BCUT2D eigenvalue weighted by Crippen LogP contribution is -2.03. The largest absolute Gasteiger partial charge is 0.494 e. The van der Waals surface area contributed by atoms with Gasteiger partial charge in [-0.15, -0.1) is 0 Å². The molecule has 0 unspecified atom stereocenters. The lowest BCUT2D eigenvalue weighted by Gasteiger charge is -2.07. The molecule has 0 aliphatic rings. The Bertz CT molecular complexity index is 547. The fourth-order valence-electron chi connectivity index (χ4n) is 2.27. The summed E-state index contributed by atoms with van der Waals surface area (Å²) in [5, 5.41) is 0. The third kappa shape index (κ3) is 5.72. The van der Waals surface area contributed by atoms with Crippen LogP contribution in [0.2, 0.25) is 0 Å². The second-order valence-corrected chi connectivity index (χ2v) is 5.49. The molecule has 22 heavy (non-hydrogen) atoms. The molecule has 0 bridgehead atoms. The van der Waals surface area contributed by atoms with Gasteiger partial charge >= 0.3 is 0 Å². The molecular weight excluding hydrogens is 276 g/mol. The third-order valence-electron chi connectivity index (χ3n) is 3.55. The van der Waals surface area contributed by atoms with Crippen molar-refractivity contribution in [3.8, 4) is 5.75 Å². The number of carbonyl (C=O) groups is 1. The summed E-state index contributed by atoms with van der Waals surface area (Å²) < 4.78 is 5.71. The van der Waals surface area contributed by atoms with Crippen LogP contribution >= 0.6 is 0 Å². The number of hydrogen-bond donors (Lipinski definition) is 1. The van der Waals surface area contributed by atoms with E-state index in [9.17, 15) is 4.79 Å². The molecule has 0 saturated heterocycles. The molecule has 4 heteroatoms. The quantitative estimate of drug-likeness (QED) is 0.680. The van der Waals surface area contributed by atoms with E-state index in [0.29, 0.717) is 25.2 Å². The van der Waals surface area contributed by atoms with Crippen LogP contribution in [-0.2, 0) is 17.6 Å². The molecule has 0 saturated carbocycles. The summed E-state index contributed by atoms with van der Waals surface area (Å²) in [6.45, 7) is 2.78. The molecule has 0 atom stereocenters. The number of unbranched alkanes of at least 4 members (excludes halogenated alkanes) is 1. The van der Waals surface area contributed by atoms with Crippen molar-refractivity contribution in [1.29, 1.82) is 0 Å². The minimum absolute atomic E-state index is 0.315. The maximum absolute atomic E-state index is 11.7. The molecule has 1 heterocycles. The van der Waals surface area contributed by atoms with Gasteiger partial charge in [-0.3, -0.25) is 4.79 Å². The van der Waals surface area contributed by atoms with Crippen molar-refractivity contribution < 1.29 is 9.53 Å². The van der Waals surface area contributed by atoms with Gasteiger partial charge in [0.15, 0.2) is 0 Å². The Morgan fingerprint density at radius 1 is 1.23 bits per heavy atom. The number of nitrogens with one attached hydrogen (secondary N) is 1. The summed E-state index contributed by atoms with van der Waals surface area (Å²) >= 11 is 0. The summed E-state index contributed by atoms with van der Waals surface area (Å²) in [5.41, 5.74) is 2.19. The van der Waals surface area contributed by atoms with Crippen molar-refractivity contribution in [1.82, 2.24) is 9.97 Å². The molecule has 118 valence electrons. The van der Waals surface area contributed by atoms with E-state index in [1.807, 2.05) is 30.5 Å². The lowest BCUT2D eigenvalue weighted by molar-refractivity contribution is -0.118. The Morgan fingerprint density at radius 2 is 2.05 bits per heavy atom. The number of aromatic amines is 1. The van der Waals surface area contributed by atoms with Crippen LogP contribution in [0.15, 0.2) is 36.8 Å². The van der Waals surface area contributed by atoms with Crippen molar-refractivity contribution in [2.75, 3.05) is 6.61 Å². The first kappa shape index (κ1) is 16.3. The van der Waals surface area contributed by atoms with Crippen molar-refractivity contribution in [3.05, 3.63) is 48.0 Å². The van der Waals surface area contributed by atoms with Gasteiger partial charge in [0.05, 0.1) is 12.9 Å². The monoisotopic (exact) mass is 300 g/mol. The van der Waals surface area contributed by atoms with Crippen LogP contribution in [0.25, 0.3) is 0 Å². The summed E-state index contributed by atoms with van der Waals surface area (Å²) in [4.78, 5) is 18.8. The minimum Gasteiger partial charge on any atom is -0.494 e. The van der Waals surface area contributed by atoms with Gasteiger partial charge in [-0.1, -0.05) is 25.5 Å². The molecule has 2 rings (SSSR count). The molecule has 1 aromatic heterocycles. The molecule has 4 nitrogen and oxygen atoms in total. The zero-order valence-electron chi connectivity index (χ0n) is 13.2. The van der Waals surface area contributed by atoms with Gasteiger partial charge < -0.3 is 9.72 Å². The highest BCUT2D eigenvalue weighted by atomic mass is 16.5. The summed E-state index contributed by atoms with van der Waals surface area (Å²) in [6.07, 6.45) is 8.67. The highest BCUT2D eigenvalue weighted by Crippen LogP contribution is 2.14. The summed E-state index contributed by atoms with van der Waals surface area (Å²) in [7, 11) is 0. The molecule has 0 fully saturated rings. The van der Waals surface area contributed by atoms with Crippen molar-refractivity contribution in [2.45, 2.75) is 45.4 Å². The fourth-order valence-corrected chi connectivity index (χ4v) is 2.27. The molecule has 1 N–H and O–H groups in total. The van der Waals surface area contributed by atoms with Crippen LogP contribution in [0.4, 0.5) is 0 Å². The number of benzene rings is 1. The Hall–Kier alpha value is -2.10. The average molecular weight is 300 g/mol. The maximum atomic E-state index is 11.7. The average Bonchev–Trinajstić information content (AvgIpc) is 3.04. The zero-order valence-corrected chi connectivity index (χ0v) is 13.2. The van der Waals surface area contributed by atoms with Crippen LogP contribution in [0.5, 0.6) is 5.75 Å². The number of nitrogens with zero attached hydrogens (tertiary/aromatic N) is 1. The standard InChI is InChI=1S/C18H24N2O2/c1-2-3-6-17(21)12-15-7-9-18(10-8-15)22-11-4-5-16-13-19-14-20-16/h7-10,13-14H,2-6,11-12H2,1H3,(H,19,20). The smallest absolute Gasteiger partial charge is 0.137 e. The first-order valence-electron chi connectivity index (χ1n) is 7.98. The molecule has 0 spiro atoms.